The zero-order chi connectivity index (χ0) is 14.7. The summed E-state index contributed by atoms with van der Waals surface area (Å²) in [6.45, 7) is 5.91. The normalized spacial score (nSPS) is 22.1. The number of hydrogen-bond donors (Lipinski definition) is 1. The van der Waals surface area contributed by atoms with E-state index in [9.17, 15) is 9.59 Å². The van der Waals surface area contributed by atoms with Crippen LogP contribution < -0.4 is 5.32 Å². The van der Waals surface area contributed by atoms with Crippen molar-refractivity contribution in [2.24, 2.45) is 0 Å². The highest BCUT2D eigenvalue weighted by atomic mass is 16.2. The molecule has 1 saturated heterocycles. The van der Waals surface area contributed by atoms with Gasteiger partial charge in [0.15, 0.2) is 0 Å². The van der Waals surface area contributed by atoms with Gasteiger partial charge in [0, 0.05) is 12.1 Å². The summed E-state index contributed by atoms with van der Waals surface area (Å²) in [7, 11) is 0. The van der Waals surface area contributed by atoms with Crippen molar-refractivity contribution < 1.29 is 9.59 Å². The highest BCUT2D eigenvalue weighted by Crippen LogP contribution is 2.21. The maximum absolute atomic E-state index is 12.3. The molecule has 1 aliphatic heterocycles. The Morgan fingerprint density at radius 3 is 2.50 bits per heavy atom. The van der Waals surface area contributed by atoms with Gasteiger partial charge in [0.1, 0.15) is 0 Å². The Morgan fingerprint density at radius 1 is 1.25 bits per heavy atom. The summed E-state index contributed by atoms with van der Waals surface area (Å²) < 4.78 is 0. The number of likely N-dealkylation sites (tertiary alicyclic amines) is 1. The lowest BCUT2D eigenvalue weighted by atomic mass is 10.1. The quantitative estimate of drug-likeness (QED) is 0.838. The second kappa shape index (κ2) is 6.18. The Morgan fingerprint density at radius 2 is 1.90 bits per heavy atom. The van der Waals surface area contributed by atoms with Gasteiger partial charge < -0.3 is 0 Å². The molecule has 1 aromatic carbocycles. The predicted molar refractivity (Wildman–Crippen MR) is 78.0 cm³/mol. The van der Waals surface area contributed by atoms with E-state index in [2.05, 4.69) is 5.32 Å². The maximum atomic E-state index is 12.3. The van der Waals surface area contributed by atoms with Crippen molar-refractivity contribution in [1.29, 1.82) is 0 Å². The van der Waals surface area contributed by atoms with Crippen LogP contribution in [0.3, 0.4) is 0 Å². The van der Waals surface area contributed by atoms with E-state index in [1.807, 2.05) is 51.1 Å². The van der Waals surface area contributed by atoms with Crippen LogP contribution in [0.4, 0.5) is 0 Å². The van der Waals surface area contributed by atoms with E-state index in [-0.39, 0.29) is 30.3 Å². The average Bonchev–Trinajstić information content (AvgIpc) is 2.73. The van der Waals surface area contributed by atoms with E-state index in [0.29, 0.717) is 0 Å². The summed E-state index contributed by atoms with van der Waals surface area (Å²) in [6, 6.07) is 9.58. The van der Waals surface area contributed by atoms with Crippen LogP contribution in [0, 0.1) is 0 Å². The first-order chi connectivity index (χ1) is 9.54. The molecule has 0 aromatic heterocycles. The van der Waals surface area contributed by atoms with Crippen LogP contribution >= 0.6 is 0 Å². The molecule has 3 atom stereocenters. The van der Waals surface area contributed by atoms with Crippen molar-refractivity contribution in [1.82, 2.24) is 10.2 Å². The monoisotopic (exact) mass is 274 g/mol. The molecule has 0 bridgehead atoms. The lowest BCUT2D eigenvalue weighted by molar-refractivity contribution is -0.141. The second-order valence-corrected chi connectivity index (χ2v) is 5.41. The highest BCUT2D eigenvalue weighted by Gasteiger charge is 2.40. The molecule has 0 aliphatic carbocycles. The summed E-state index contributed by atoms with van der Waals surface area (Å²) in [5.41, 5.74) is 1.12. The van der Waals surface area contributed by atoms with Crippen molar-refractivity contribution in [3.8, 4) is 0 Å². The molecule has 1 heterocycles. The van der Waals surface area contributed by atoms with Gasteiger partial charge in [0.25, 0.3) is 0 Å². The topological polar surface area (TPSA) is 49.4 Å². The zero-order valence-electron chi connectivity index (χ0n) is 12.3. The summed E-state index contributed by atoms with van der Waals surface area (Å²) in [4.78, 5) is 25.7. The van der Waals surface area contributed by atoms with Gasteiger partial charge in [-0.15, -0.1) is 0 Å². The van der Waals surface area contributed by atoms with E-state index in [0.717, 1.165) is 12.0 Å². The Bertz CT molecular complexity index is 487. The van der Waals surface area contributed by atoms with E-state index in [1.54, 1.807) is 0 Å². The molecule has 1 aliphatic rings. The smallest absolute Gasteiger partial charge is 0.247 e. The minimum atomic E-state index is -0.397. The van der Waals surface area contributed by atoms with Gasteiger partial charge in [-0.05, 0) is 25.8 Å². The van der Waals surface area contributed by atoms with E-state index < -0.39 is 6.04 Å². The molecule has 0 spiro atoms. The fourth-order valence-corrected chi connectivity index (χ4v) is 2.57. The number of nitrogens with one attached hydrogen (secondary N) is 1. The minimum Gasteiger partial charge on any atom is -0.299 e. The molecule has 1 N–H and O–H groups in total. The van der Waals surface area contributed by atoms with Gasteiger partial charge in [0.2, 0.25) is 11.8 Å². The summed E-state index contributed by atoms with van der Waals surface area (Å²) in [5, 5.41) is 3.27. The lowest BCUT2D eigenvalue weighted by Crippen LogP contribution is -2.43. The number of benzene rings is 1. The second-order valence-electron chi connectivity index (χ2n) is 5.41. The number of rotatable bonds is 5. The molecular weight excluding hydrogens is 252 g/mol. The van der Waals surface area contributed by atoms with Gasteiger partial charge in [-0.1, -0.05) is 37.3 Å². The van der Waals surface area contributed by atoms with Crippen LogP contribution in [0.2, 0.25) is 0 Å². The first-order valence-corrected chi connectivity index (χ1v) is 7.21. The van der Waals surface area contributed by atoms with Gasteiger partial charge in [-0.2, -0.15) is 0 Å². The van der Waals surface area contributed by atoms with E-state index in [1.165, 1.54) is 4.90 Å². The molecule has 2 rings (SSSR count). The standard InChI is InChI=1S/C16H22N2O2/c1-4-11(2)18-15(19)10-14(16(18)20)17-12(3)13-8-6-5-7-9-13/h5-9,11-12,14,17H,4,10H2,1-3H3. The van der Waals surface area contributed by atoms with Crippen LogP contribution in [-0.2, 0) is 9.59 Å². The minimum absolute atomic E-state index is 0.0196. The molecule has 2 amide bonds. The largest absolute Gasteiger partial charge is 0.299 e. The fourth-order valence-electron chi connectivity index (χ4n) is 2.57. The first kappa shape index (κ1) is 14.7. The van der Waals surface area contributed by atoms with Crippen LogP contribution in [0.15, 0.2) is 30.3 Å². The van der Waals surface area contributed by atoms with Gasteiger partial charge in [0.05, 0.1) is 12.5 Å². The van der Waals surface area contributed by atoms with Gasteiger partial charge in [-0.3, -0.25) is 19.8 Å². The molecular formula is C16H22N2O2. The van der Waals surface area contributed by atoms with Crippen LogP contribution in [-0.4, -0.2) is 28.8 Å². The van der Waals surface area contributed by atoms with Crippen molar-refractivity contribution in [3.63, 3.8) is 0 Å². The molecule has 3 unspecified atom stereocenters. The van der Waals surface area contributed by atoms with Crippen LogP contribution in [0.1, 0.15) is 45.2 Å². The Hall–Kier alpha value is -1.68. The Kier molecular flexibility index (Phi) is 4.55. The molecule has 1 fully saturated rings. The van der Waals surface area contributed by atoms with Crippen LogP contribution in [0.25, 0.3) is 0 Å². The SMILES string of the molecule is CCC(C)N1C(=O)CC(NC(C)c2ccccc2)C1=O. The number of imide groups is 1. The van der Waals surface area contributed by atoms with Crippen molar-refractivity contribution in [2.45, 2.75) is 51.7 Å². The fraction of sp³-hybridized carbons (Fsp3) is 0.500. The molecule has 0 radical (unpaired) electrons. The van der Waals surface area contributed by atoms with Gasteiger partial charge >= 0.3 is 0 Å². The number of hydrogen-bond acceptors (Lipinski definition) is 3. The van der Waals surface area contributed by atoms with E-state index >= 15 is 0 Å². The molecule has 20 heavy (non-hydrogen) atoms. The maximum Gasteiger partial charge on any atom is 0.247 e. The summed E-state index contributed by atoms with van der Waals surface area (Å²) in [6.07, 6.45) is 1.05. The summed E-state index contributed by atoms with van der Waals surface area (Å²) >= 11 is 0. The van der Waals surface area contributed by atoms with Crippen molar-refractivity contribution >= 4 is 11.8 Å². The number of carbonyl (C=O) groups is 2. The molecule has 0 saturated carbocycles. The van der Waals surface area contributed by atoms with Gasteiger partial charge in [-0.25, -0.2) is 0 Å². The average molecular weight is 274 g/mol. The molecule has 4 heteroatoms. The van der Waals surface area contributed by atoms with Crippen molar-refractivity contribution in [2.75, 3.05) is 0 Å². The Balaban J connectivity index is 2.04. The number of amides is 2. The highest BCUT2D eigenvalue weighted by molar-refractivity contribution is 6.05. The first-order valence-electron chi connectivity index (χ1n) is 7.21. The lowest BCUT2D eigenvalue weighted by Gasteiger charge is -2.23. The van der Waals surface area contributed by atoms with Crippen LogP contribution in [0.5, 0.6) is 0 Å². The van der Waals surface area contributed by atoms with E-state index in [4.69, 9.17) is 0 Å². The number of carbonyl (C=O) groups excluding carboxylic acids is 2. The molecule has 108 valence electrons. The summed E-state index contributed by atoms with van der Waals surface area (Å²) in [5.74, 6) is -0.158. The Labute approximate surface area is 120 Å². The predicted octanol–water partition coefficient (Wildman–Crippen LogP) is 2.26. The third-order valence-corrected chi connectivity index (χ3v) is 3.97. The number of nitrogens with zero attached hydrogens (tertiary/aromatic N) is 1. The van der Waals surface area contributed by atoms with Crippen molar-refractivity contribution in [3.05, 3.63) is 35.9 Å². The zero-order valence-corrected chi connectivity index (χ0v) is 12.3. The third-order valence-electron chi connectivity index (χ3n) is 3.97. The third kappa shape index (κ3) is 2.90. The molecule has 1 aromatic rings. The molecule has 4 nitrogen and oxygen atoms in total.